The summed E-state index contributed by atoms with van der Waals surface area (Å²) in [6.45, 7) is 3.22. The van der Waals surface area contributed by atoms with Crippen LogP contribution in [0.3, 0.4) is 0 Å². The van der Waals surface area contributed by atoms with E-state index in [0.717, 1.165) is 18.8 Å². The molecule has 1 saturated heterocycles. The van der Waals surface area contributed by atoms with Gasteiger partial charge in [0.15, 0.2) is 11.7 Å². The van der Waals surface area contributed by atoms with Crippen molar-refractivity contribution in [3.05, 3.63) is 47.8 Å². The number of hydrogen-bond donors (Lipinski definition) is 3. The second kappa shape index (κ2) is 9.27. The summed E-state index contributed by atoms with van der Waals surface area (Å²) in [5, 5.41) is 6.54. The number of aliphatic imine (C=N–C) groups is 1. The number of primary amides is 1. The lowest BCUT2D eigenvalue weighted by molar-refractivity contribution is 0.0972. The van der Waals surface area contributed by atoms with Crippen LogP contribution < -0.4 is 16.4 Å². The fourth-order valence-corrected chi connectivity index (χ4v) is 3.31. The molecule has 0 saturated carbocycles. The summed E-state index contributed by atoms with van der Waals surface area (Å²) in [6.07, 6.45) is 5.43. The quantitative estimate of drug-likeness (QED) is 0.505. The normalized spacial score (nSPS) is 16.9. The third kappa shape index (κ3) is 5.13. The van der Waals surface area contributed by atoms with Crippen LogP contribution in [0, 0.1) is 0 Å². The minimum Gasteiger partial charge on any atom is -0.468 e. The Morgan fingerprint density at radius 2 is 2.07 bits per heavy atom. The second-order valence-corrected chi connectivity index (χ2v) is 6.56. The van der Waals surface area contributed by atoms with Crippen molar-refractivity contribution < 1.29 is 13.6 Å². The molecule has 2 aromatic heterocycles. The van der Waals surface area contributed by atoms with Gasteiger partial charge in [-0.3, -0.25) is 14.7 Å². The Bertz CT molecular complexity index is 747. The summed E-state index contributed by atoms with van der Waals surface area (Å²) >= 11 is 0. The summed E-state index contributed by atoms with van der Waals surface area (Å²) in [5.41, 5.74) is 5.20. The number of rotatable bonds is 7. The molecule has 27 heavy (non-hydrogen) atoms. The van der Waals surface area contributed by atoms with E-state index >= 15 is 0 Å². The van der Waals surface area contributed by atoms with Crippen LogP contribution in [0.5, 0.6) is 0 Å². The molecule has 3 heterocycles. The third-order valence-electron chi connectivity index (χ3n) is 4.72. The fraction of sp³-hybridized carbons (Fsp3) is 0.474. The standard InChI is InChI=1S/C19H27N5O3/c1-21-19(22-12-14-7-8-17(27-14)18(20)25)23-13-15(16-6-5-11-26-16)24-9-3-2-4-10-24/h5-8,11,15H,2-4,9-10,12-13H2,1H3,(H2,20,25)(H2,21,22,23). The Hall–Kier alpha value is -2.74. The van der Waals surface area contributed by atoms with E-state index in [1.54, 1.807) is 25.4 Å². The molecular formula is C19H27N5O3. The lowest BCUT2D eigenvalue weighted by Gasteiger charge is -2.33. The first-order chi connectivity index (χ1) is 13.2. The van der Waals surface area contributed by atoms with Crippen LogP contribution >= 0.6 is 0 Å². The predicted octanol–water partition coefficient (Wildman–Crippen LogP) is 1.86. The Balaban J connectivity index is 1.56. The lowest BCUT2D eigenvalue weighted by Crippen LogP contribution is -2.44. The van der Waals surface area contributed by atoms with Gasteiger partial charge in [0.05, 0.1) is 18.8 Å². The molecular weight excluding hydrogens is 346 g/mol. The molecule has 1 aliphatic rings. The van der Waals surface area contributed by atoms with E-state index in [1.807, 2.05) is 12.1 Å². The molecule has 3 rings (SSSR count). The summed E-state index contributed by atoms with van der Waals surface area (Å²) < 4.78 is 11.0. The minimum atomic E-state index is -0.577. The van der Waals surface area contributed by atoms with Crippen molar-refractivity contribution in [2.45, 2.75) is 31.8 Å². The molecule has 1 fully saturated rings. The van der Waals surface area contributed by atoms with E-state index < -0.39 is 5.91 Å². The van der Waals surface area contributed by atoms with Gasteiger partial charge >= 0.3 is 0 Å². The summed E-state index contributed by atoms with van der Waals surface area (Å²) in [5.74, 6) is 1.80. The number of nitrogens with two attached hydrogens (primary N) is 1. The number of carbonyl (C=O) groups is 1. The monoisotopic (exact) mass is 373 g/mol. The number of hydrogen-bond acceptors (Lipinski definition) is 5. The van der Waals surface area contributed by atoms with E-state index in [1.165, 1.54) is 19.3 Å². The Morgan fingerprint density at radius 1 is 1.26 bits per heavy atom. The first kappa shape index (κ1) is 19.0. The van der Waals surface area contributed by atoms with Crippen LogP contribution in [0.15, 0.2) is 44.4 Å². The number of amides is 1. The maximum absolute atomic E-state index is 11.1. The SMILES string of the molecule is CN=C(NCc1ccc(C(N)=O)o1)NCC(c1ccco1)N1CCCCC1. The highest BCUT2D eigenvalue weighted by Gasteiger charge is 2.24. The molecule has 0 aliphatic carbocycles. The Kier molecular flexibility index (Phi) is 6.54. The van der Waals surface area contributed by atoms with E-state index in [2.05, 4.69) is 20.5 Å². The molecule has 0 bridgehead atoms. The van der Waals surface area contributed by atoms with Gasteiger partial charge < -0.3 is 25.2 Å². The van der Waals surface area contributed by atoms with Gasteiger partial charge in [0.2, 0.25) is 0 Å². The zero-order chi connectivity index (χ0) is 19.1. The van der Waals surface area contributed by atoms with Crippen molar-refractivity contribution in [3.63, 3.8) is 0 Å². The molecule has 0 radical (unpaired) electrons. The van der Waals surface area contributed by atoms with Gasteiger partial charge in [-0.2, -0.15) is 0 Å². The summed E-state index contributed by atoms with van der Waals surface area (Å²) in [6, 6.07) is 7.39. The maximum atomic E-state index is 11.1. The Morgan fingerprint density at radius 3 is 2.70 bits per heavy atom. The molecule has 1 aliphatic heterocycles. The number of nitrogens with zero attached hydrogens (tertiary/aromatic N) is 2. The predicted molar refractivity (Wildman–Crippen MR) is 102 cm³/mol. The smallest absolute Gasteiger partial charge is 0.284 e. The van der Waals surface area contributed by atoms with Crippen molar-refractivity contribution in [2.75, 3.05) is 26.7 Å². The largest absolute Gasteiger partial charge is 0.468 e. The van der Waals surface area contributed by atoms with E-state index in [0.29, 0.717) is 24.8 Å². The number of furan rings is 2. The third-order valence-corrected chi connectivity index (χ3v) is 4.72. The average Bonchev–Trinajstić information content (AvgIpc) is 3.37. The molecule has 0 aromatic carbocycles. The molecule has 8 heteroatoms. The minimum absolute atomic E-state index is 0.151. The van der Waals surface area contributed by atoms with Crippen LogP contribution in [0.1, 0.15) is 47.4 Å². The van der Waals surface area contributed by atoms with E-state index in [-0.39, 0.29) is 11.8 Å². The highest BCUT2D eigenvalue weighted by molar-refractivity contribution is 5.89. The molecule has 2 aromatic rings. The fourth-order valence-electron chi connectivity index (χ4n) is 3.31. The summed E-state index contributed by atoms with van der Waals surface area (Å²) in [4.78, 5) is 17.8. The highest BCUT2D eigenvalue weighted by Crippen LogP contribution is 2.24. The zero-order valence-electron chi connectivity index (χ0n) is 15.6. The Labute approximate surface area is 158 Å². The van der Waals surface area contributed by atoms with Gasteiger partial charge in [0, 0.05) is 13.6 Å². The molecule has 146 valence electrons. The van der Waals surface area contributed by atoms with Crippen molar-refractivity contribution >= 4 is 11.9 Å². The summed E-state index contributed by atoms with van der Waals surface area (Å²) in [7, 11) is 1.72. The van der Waals surface area contributed by atoms with Gasteiger partial charge in [0.25, 0.3) is 5.91 Å². The van der Waals surface area contributed by atoms with Gasteiger partial charge in [-0.15, -0.1) is 0 Å². The van der Waals surface area contributed by atoms with E-state index in [9.17, 15) is 4.79 Å². The molecule has 8 nitrogen and oxygen atoms in total. The molecule has 1 unspecified atom stereocenters. The van der Waals surface area contributed by atoms with E-state index in [4.69, 9.17) is 14.6 Å². The van der Waals surface area contributed by atoms with Crippen LogP contribution in [-0.2, 0) is 6.54 Å². The number of likely N-dealkylation sites (tertiary alicyclic amines) is 1. The molecule has 1 amide bonds. The molecule has 0 spiro atoms. The molecule has 1 atom stereocenters. The average molecular weight is 373 g/mol. The van der Waals surface area contributed by atoms with Crippen molar-refractivity contribution in [3.8, 4) is 0 Å². The van der Waals surface area contributed by atoms with Crippen LogP contribution in [0.4, 0.5) is 0 Å². The second-order valence-electron chi connectivity index (χ2n) is 6.56. The van der Waals surface area contributed by atoms with Gasteiger partial charge in [-0.05, 0) is 50.2 Å². The lowest BCUT2D eigenvalue weighted by atomic mass is 10.1. The van der Waals surface area contributed by atoms with Gasteiger partial charge in [0.1, 0.15) is 11.5 Å². The topological polar surface area (TPSA) is 109 Å². The van der Waals surface area contributed by atoms with Crippen LogP contribution in [0.2, 0.25) is 0 Å². The number of piperidine rings is 1. The maximum Gasteiger partial charge on any atom is 0.284 e. The first-order valence-corrected chi connectivity index (χ1v) is 9.28. The number of guanidine groups is 1. The van der Waals surface area contributed by atoms with Crippen LogP contribution in [-0.4, -0.2) is 43.4 Å². The number of nitrogens with one attached hydrogen (secondary N) is 2. The van der Waals surface area contributed by atoms with Gasteiger partial charge in [-0.25, -0.2) is 0 Å². The van der Waals surface area contributed by atoms with Crippen molar-refractivity contribution in [1.29, 1.82) is 0 Å². The van der Waals surface area contributed by atoms with Crippen molar-refractivity contribution in [1.82, 2.24) is 15.5 Å². The zero-order valence-corrected chi connectivity index (χ0v) is 15.6. The highest BCUT2D eigenvalue weighted by atomic mass is 16.4. The van der Waals surface area contributed by atoms with Crippen LogP contribution in [0.25, 0.3) is 0 Å². The van der Waals surface area contributed by atoms with Crippen molar-refractivity contribution in [2.24, 2.45) is 10.7 Å². The molecule has 4 N–H and O–H groups in total. The van der Waals surface area contributed by atoms with Gasteiger partial charge in [-0.1, -0.05) is 6.42 Å². The first-order valence-electron chi connectivity index (χ1n) is 9.28. The number of carbonyl (C=O) groups excluding carboxylic acids is 1.